The fourth-order valence-electron chi connectivity index (χ4n) is 1.69. The van der Waals surface area contributed by atoms with Crippen molar-refractivity contribution in [2.24, 2.45) is 0 Å². The Bertz CT molecular complexity index is 326. The summed E-state index contributed by atoms with van der Waals surface area (Å²) in [7, 11) is 0. The minimum absolute atomic E-state index is 0.454. The highest BCUT2D eigenvalue weighted by Crippen LogP contribution is 2.23. The van der Waals surface area contributed by atoms with Crippen molar-refractivity contribution in [1.82, 2.24) is 0 Å². The van der Waals surface area contributed by atoms with Crippen molar-refractivity contribution in [2.45, 2.75) is 26.1 Å². The van der Waals surface area contributed by atoms with E-state index in [1.807, 2.05) is 31.2 Å². The van der Waals surface area contributed by atoms with E-state index in [1.54, 1.807) is 0 Å². The topological polar surface area (TPSA) is 27.7 Å². The minimum atomic E-state index is -0.454. The Morgan fingerprint density at radius 1 is 1.19 bits per heavy atom. The minimum Gasteiger partial charge on any atom is -0.493 e. The van der Waals surface area contributed by atoms with Crippen LogP contribution < -0.4 is 4.74 Å². The molecule has 0 spiro atoms. The van der Waals surface area contributed by atoms with Gasteiger partial charge in [-0.25, -0.2) is 0 Å². The molecule has 0 unspecified atom stereocenters. The van der Waals surface area contributed by atoms with Crippen molar-refractivity contribution in [2.75, 3.05) is 19.8 Å². The van der Waals surface area contributed by atoms with Gasteiger partial charge in [0.05, 0.1) is 19.8 Å². The first kappa shape index (κ1) is 11.4. The summed E-state index contributed by atoms with van der Waals surface area (Å²) < 4.78 is 16.6. The van der Waals surface area contributed by atoms with Crippen molar-refractivity contribution < 1.29 is 14.2 Å². The number of hydrogen-bond donors (Lipinski definition) is 0. The second-order valence-electron chi connectivity index (χ2n) is 4.24. The predicted octanol–water partition coefficient (Wildman–Crippen LogP) is 2.53. The molecular weight excluding hydrogens is 204 g/mol. The van der Waals surface area contributed by atoms with Gasteiger partial charge in [-0.3, -0.25) is 0 Å². The van der Waals surface area contributed by atoms with Crippen LogP contribution in [-0.2, 0) is 9.47 Å². The first-order valence-corrected chi connectivity index (χ1v) is 5.65. The molecule has 3 heteroatoms. The Labute approximate surface area is 96.3 Å². The molecule has 1 aliphatic heterocycles. The molecule has 0 amide bonds. The average molecular weight is 222 g/mol. The molecule has 0 radical (unpaired) electrons. The van der Waals surface area contributed by atoms with Crippen LogP contribution in [0.4, 0.5) is 0 Å². The first-order chi connectivity index (χ1) is 7.68. The highest BCUT2D eigenvalue weighted by atomic mass is 16.7. The van der Waals surface area contributed by atoms with Crippen LogP contribution in [-0.4, -0.2) is 25.6 Å². The van der Waals surface area contributed by atoms with Crippen molar-refractivity contribution in [3.63, 3.8) is 0 Å². The van der Waals surface area contributed by atoms with E-state index in [0.29, 0.717) is 19.8 Å². The molecule has 0 N–H and O–H groups in total. The van der Waals surface area contributed by atoms with E-state index in [0.717, 1.165) is 12.2 Å². The van der Waals surface area contributed by atoms with Gasteiger partial charge < -0.3 is 14.2 Å². The zero-order valence-electron chi connectivity index (χ0n) is 9.86. The van der Waals surface area contributed by atoms with Gasteiger partial charge in [0.2, 0.25) is 0 Å². The molecule has 1 aromatic carbocycles. The van der Waals surface area contributed by atoms with E-state index in [1.165, 1.54) is 5.56 Å². The van der Waals surface area contributed by atoms with Gasteiger partial charge in [0.1, 0.15) is 5.75 Å². The smallest absolute Gasteiger partial charge is 0.168 e. The molecule has 1 heterocycles. The summed E-state index contributed by atoms with van der Waals surface area (Å²) in [5, 5.41) is 0. The SMILES string of the molecule is Cc1ccc(OCCC2(C)OCCO2)cc1. The third-order valence-electron chi connectivity index (χ3n) is 2.74. The van der Waals surface area contributed by atoms with E-state index in [2.05, 4.69) is 6.92 Å². The van der Waals surface area contributed by atoms with Gasteiger partial charge in [-0.05, 0) is 26.0 Å². The third kappa shape index (κ3) is 2.97. The molecule has 0 aliphatic carbocycles. The van der Waals surface area contributed by atoms with E-state index < -0.39 is 5.79 Å². The lowest BCUT2D eigenvalue weighted by molar-refractivity contribution is -0.150. The fourth-order valence-corrected chi connectivity index (χ4v) is 1.69. The van der Waals surface area contributed by atoms with Crippen LogP contribution in [0.25, 0.3) is 0 Å². The highest BCUT2D eigenvalue weighted by molar-refractivity contribution is 5.26. The number of ether oxygens (including phenoxy) is 3. The van der Waals surface area contributed by atoms with E-state index in [4.69, 9.17) is 14.2 Å². The summed E-state index contributed by atoms with van der Waals surface area (Å²) in [4.78, 5) is 0. The van der Waals surface area contributed by atoms with Crippen molar-refractivity contribution >= 4 is 0 Å². The quantitative estimate of drug-likeness (QED) is 0.783. The van der Waals surface area contributed by atoms with Crippen molar-refractivity contribution in [3.8, 4) is 5.75 Å². The molecule has 0 bridgehead atoms. The molecule has 3 nitrogen and oxygen atoms in total. The molecule has 1 aliphatic rings. The molecule has 2 rings (SSSR count). The second kappa shape index (κ2) is 4.85. The molecule has 0 atom stereocenters. The molecule has 0 saturated carbocycles. The van der Waals surface area contributed by atoms with Crippen LogP contribution in [0.1, 0.15) is 18.9 Å². The lowest BCUT2D eigenvalue weighted by atomic mass is 10.2. The average Bonchev–Trinajstić information content (AvgIpc) is 2.69. The van der Waals surface area contributed by atoms with Crippen LogP contribution in [0.15, 0.2) is 24.3 Å². The third-order valence-corrected chi connectivity index (χ3v) is 2.74. The fraction of sp³-hybridized carbons (Fsp3) is 0.538. The summed E-state index contributed by atoms with van der Waals surface area (Å²) in [6.07, 6.45) is 0.751. The van der Waals surface area contributed by atoms with Crippen LogP contribution in [0.5, 0.6) is 5.75 Å². The number of rotatable bonds is 4. The largest absolute Gasteiger partial charge is 0.493 e. The maximum atomic E-state index is 5.63. The zero-order chi connectivity index (χ0) is 11.4. The molecule has 1 saturated heterocycles. The predicted molar refractivity (Wildman–Crippen MR) is 61.6 cm³/mol. The summed E-state index contributed by atoms with van der Waals surface area (Å²) in [6, 6.07) is 8.04. The van der Waals surface area contributed by atoms with Crippen LogP contribution in [0, 0.1) is 6.92 Å². The lowest BCUT2D eigenvalue weighted by Gasteiger charge is -2.22. The molecule has 0 aromatic heterocycles. The van der Waals surface area contributed by atoms with Gasteiger partial charge in [0.25, 0.3) is 0 Å². The molecule has 1 fully saturated rings. The summed E-state index contributed by atoms with van der Waals surface area (Å²) in [6.45, 7) is 5.99. The van der Waals surface area contributed by atoms with Crippen LogP contribution in [0.3, 0.4) is 0 Å². The Morgan fingerprint density at radius 3 is 2.44 bits per heavy atom. The van der Waals surface area contributed by atoms with Crippen molar-refractivity contribution in [1.29, 1.82) is 0 Å². The van der Waals surface area contributed by atoms with E-state index in [9.17, 15) is 0 Å². The normalized spacial score (nSPS) is 18.6. The van der Waals surface area contributed by atoms with Crippen molar-refractivity contribution in [3.05, 3.63) is 29.8 Å². The van der Waals surface area contributed by atoms with Gasteiger partial charge in [-0.15, -0.1) is 0 Å². The summed E-state index contributed by atoms with van der Waals surface area (Å²) in [5.74, 6) is 0.442. The second-order valence-corrected chi connectivity index (χ2v) is 4.24. The monoisotopic (exact) mass is 222 g/mol. The Morgan fingerprint density at radius 2 is 1.81 bits per heavy atom. The molecule has 16 heavy (non-hydrogen) atoms. The Hall–Kier alpha value is -1.06. The number of aryl methyl sites for hydroxylation is 1. The number of hydrogen-bond acceptors (Lipinski definition) is 3. The summed E-state index contributed by atoms with van der Waals surface area (Å²) in [5.41, 5.74) is 1.24. The molecule has 1 aromatic rings. The Balaban J connectivity index is 1.77. The standard InChI is InChI=1S/C13H18O3/c1-11-3-5-12(6-4-11)14-8-7-13(2)15-9-10-16-13/h3-6H,7-10H2,1-2H3. The highest BCUT2D eigenvalue weighted by Gasteiger charge is 2.30. The lowest BCUT2D eigenvalue weighted by Crippen LogP contribution is -2.27. The number of benzene rings is 1. The van der Waals surface area contributed by atoms with Crippen LogP contribution >= 0.6 is 0 Å². The van der Waals surface area contributed by atoms with Gasteiger partial charge in [-0.1, -0.05) is 17.7 Å². The first-order valence-electron chi connectivity index (χ1n) is 5.65. The Kier molecular flexibility index (Phi) is 3.46. The maximum absolute atomic E-state index is 5.63. The van der Waals surface area contributed by atoms with E-state index >= 15 is 0 Å². The molecular formula is C13H18O3. The van der Waals surface area contributed by atoms with Gasteiger partial charge in [0.15, 0.2) is 5.79 Å². The summed E-state index contributed by atoms with van der Waals surface area (Å²) >= 11 is 0. The van der Waals surface area contributed by atoms with Gasteiger partial charge >= 0.3 is 0 Å². The van der Waals surface area contributed by atoms with E-state index in [-0.39, 0.29) is 0 Å². The zero-order valence-corrected chi connectivity index (χ0v) is 9.86. The maximum Gasteiger partial charge on any atom is 0.168 e. The molecule has 88 valence electrons. The van der Waals surface area contributed by atoms with Gasteiger partial charge in [0, 0.05) is 6.42 Å². The van der Waals surface area contributed by atoms with Crippen LogP contribution in [0.2, 0.25) is 0 Å². The van der Waals surface area contributed by atoms with Gasteiger partial charge in [-0.2, -0.15) is 0 Å².